The van der Waals surface area contributed by atoms with Gasteiger partial charge in [0.05, 0.1) is 22.2 Å². The van der Waals surface area contributed by atoms with Crippen molar-refractivity contribution in [3.8, 4) is 0 Å². The fraction of sp³-hybridized carbons (Fsp3) is 0.722. The zero-order chi connectivity index (χ0) is 18.1. The lowest BCUT2D eigenvalue weighted by Gasteiger charge is -2.67. The van der Waals surface area contributed by atoms with Gasteiger partial charge in [-0.25, -0.2) is 9.78 Å². The van der Waals surface area contributed by atoms with Gasteiger partial charge in [-0.1, -0.05) is 13.8 Å². The summed E-state index contributed by atoms with van der Waals surface area (Å²) in [4.78, 5) is 28.9. The second-order valence-electron chi connectivity index (χ2n) is 9.34. The van der Waals surface area contributed by atoms with Crippen molar-refractivity contribution in [1.29, 1.82) is 0 Å². The minimum absolute atomic E-state index is 0.0606. The monoisotopic (exact) mass is 364 g/mol. The summed E-state index contributed by atoms with van der Waals surface area (Å²) in [5.74, 6) is -1.36. The van der Waals surface area contributed by atoms with Crippen molar-refractivity contribution in [2.24, 2.45) is 16.2 Å². The maximum Gasteiger partial charge on any atom is 0.332 e. The number of aliphatic hydroxyl groups is 1. The predicted molar refractivity (Wildman–Crippen MR) is 91.9 cm³/mol. The van der Waals surface area contributed by atoms with E-state index >= 15 is 0 Å². The average molecular weight is 364 g/mol. The van der Waals surface area contributed by atoms with E-state index in [9.17, 15) is 19.8 Å². The Hall–Kier alpha value is -1.47. The summed E-state index contributed by atoms with van der Waals surface area (Å²) in [6, 6.07) is -1.14. The van der Waals surface area contributed by atoms with Crippen molar-refractivity contribution in [2.75, 3.05) is 0 Å². The van der Waals surface area contributed by atoms with Gasteiger partial charge < -0.3 is 15.5 Å². The molecule has 136 valence electrons. The highest BCUT2D eigenvalue weighted by atomic mass is 32.1. The molecule has 4 bridgehead atoms. The molecule has 7 heteroatoms. The third-order valence-electron chi connectivity index (χ3n) is 6.31. The van der Waals surface area contributed by atoms with Crippen molar-refractivity contribution in [1.82, 2.24) is 10.3 Å². The Morgan fingerprint density at radius 1 is 1.16 bits per heavy atom. The third-order valence-corrected chi connectivity index (χ3v) is 6.92. The van der Waals surface area contributed by atoms with Crippen LogP contribution in [0.5, 0.6) is 0 Å². The Kier molecular flexibility index (Phi) is 3.42. The molecule has 3 N–H and O–H groups in total. The molecule has 0 spiro atoms. The standard InChI is InChI=1S/C18H24N2O4S/c1-15-4-16(2)6-17(5-15,9-18(24,7-15)8-16)14(23)20-12(13(21)22)11-3-25-10-19-11/h3,10,12,24H,4-9H2,1-2H3,(H,20,23)(H,21,22). The first-order valence-electron chi connectivity index (χ1n) is 8.71. The van der Waals surface area contributed by atoms with Crippen LogP contribution in [0.15, 0.2) is 10.9 Å². The molecule has 4 saturated carbocycles. The number of carboxylic acid groups (broad SMARTS) is 1. The van der Waals surface area contributed by atoms with Gasteiger partial charge in [0.1, 0.15) is 0 Å². The number of carbonyl (C=O) groups is 2. The molecule has 25 heavy (non-hydrogen) atoms. The fourth-order valence-electron chi connectivity index (χ4n) is 6.78. The Bertz CT molecular complexity index is 678. The number of rotatable bonds is 4. The van der Waals surface area contributed by atoms with Gasteiger partial charge in [0, 0.05) is 5.38 Å². The Labute approximate surface area is 150 Å². The number of hydrogen-bond donors (Lipinski definition) is 3. The normalized spacial score (nSPS) is 43.0. The summed E-state index contributed by atoms with van der Waals surface area (Å²) in [6.45, 7) is 4.32. The first-order chi connectivity index (χ1) is 11.6. The molecule has 1 heterocycles. The second-order valence-corrected chi connectivity index (χ2v) is 10.1. The van der Waals surface area contributed by atoms with E-state index in [1.54, 1.807) is 10.9 Å². The molecule has 0 aliphatic heterocycles. The van der Waals surface area contributed by atoms with E-state index in [2.05, 4.69) is 24.1 Å². The number of aliphatic carboxylic acids is 1. The van der Waals surface area contributed by atoms with Gasteiger partial charge in [-0.05, 0) is 49.4 Å². The van der Waals surface area contributed by atoms with Gasteiger partial charge in [0.15, 0.2) is 6.04 Å². The lowest BCUT2D eigenvalue weighted by molar-refractivity contribution is -0.224. The number of nitrogens with one attached hydrogen (secondary N) is 1. The van der Waals surface area contributed by atoms with Crippen LogP contribution in [-0.2, 0) is 9.59 Å². The quantitative estimate of drug-likeness (QED) is 0.762. The van der Waals surface area contributed by atoms with E-state index in [1.165, 1.54) is 11.3 Å². The van der Waals surface area contributed by atoms with Crippen LogP contribution in [0.2, 0.25) is 0 Å². The largest absolute Gasteiger partial charge is 0.479 e. The van der Waals surface area contributed by atoms with E-state index in [1.807, 2.05) is 0 Å². The average Bonchev–Trinajstić information content (AvgIpc) is 2.92. The first-order valence-corrected chi connectivity index (χ1v) is 9.65. The molecule has 0 radical (unpaired) electrons. The zero-order valence-electron chi connectivity index (χ0n) is 14.5. The number of amides is 1. The molecule has 4 aliphatic rings. The summed E-state index contributed by atoms with van der Waals surface area (Å²) >= 11 is 1.30. The van der Waals surface area contributed by atoms with Crippen LogP contribution < -0.4 is 5.32 Å². The Balaban J connectivity index is 1.64. The van der Waals surface area contributed by atoms with Gasteiger partial charge >= 0.3 is 5.97 Å². The molecular weight excluding hydrogens is 340 g/mol. The highest BCUT2D eigenvalue weighted by Gasteiger charge is 2.67. The predicted octanol–water partition coefficient (Wildman–Crippen LogP) is 2.50. The molecule has 0 aromatic carbocycles. The van der Waals surface area contributed by atoms with Crippen LogP contribution in [0.3, 0.4) is 0 Å². The summed E-state index contributed by atoms with van der Waals surface area (Å²) < 4.78 is 0. The zero-order valence-corrected chi connectivity index (χ0v) is 15.4. The van der Waals surface area contributed by atoms with Gasteiger partial charge in [-0.15, -0.1) is 11.3 Å². The lowest BCUT2D eigenvalue weighted by Crippen LogP contribution is -2.66. The highest BCUT2D eigenvalue weighted by Crippen LogP contribution is 2.70. The second kappa shape index (κ2) is 5.04. The molecular formula is C18H24N2O4S. The van der Waals surface area contributed by atoms with Crippen molar-refractivity contribution >= 4 is 23.2 Å². The molecule has 1 aromatic heterocycles. The molecule has 3 unspecified atom stereocenters. The molecule has 1 amide bonds. The number of thiazole rings is 1. The molecule has 1 aromatic rings. The number of aromatic nitrogens is 1. The molecule has 4 aliphatic carbocycles. The molecule has 4 fully saturated rings. The maximum absolute atomic E-state index is 13.2. The number of hydrogen-bond acceptors (Lipinski definition) is 5. The van der Waals surface area contributed by atoms with Crippen LogP contribution >= 0.6 is 11.3 Å². The van der Waals surface area contributed by atoms with E-state index in [4.69, 9.17) is 0 Å². The molecule has 0 saturated heterocycles. The SMILES string of the molecule is CC12CC3(C)CC(O)(C1)CC(C(=O)NC(C(=O)O)c1cscn1)(C2)C3. The van der Waals surface area contributed by atoms with E-state index in [-0.39, 0.29) is 16.7 Å². The topological polar surface area (TPSA) is 99.5 Å². The van der Waals surface area contributed by atoms with E-state index < -0.39 is 23.0 Å². The third kappa shape index (κ3) is 2.68. The fourth-order valence-corrected chi connectivity index (χ4v) is 7.36. The van der Waals surface area contributed by atoms with Crippen molar-refractivity contribution < 1.29 is 19.8 Å². The van der Waals surface area contributed by atoms with Gasteiger partial charge in [-0.2, -0.15) is 0 Å². The first kappa shape index (κ1) is 17.0. The maximum atomic E-state index is 13.2. The van der Waals surface area contributed by atoms with Gasteiger partial charge in [0.2, 0.25) is 5.91 Å². The molecule has 3 atom stereocenters. The van der Waals surface area contributed by atoms with Crippen molar-refractivity contribution in [3.63, 3.8) is 0 Å². The minimum atomic E-state index is -1.14. The number of carbonyl (C=O) groups excluding carboxylic acids is 1. The summed E-state index contributed by atoms with van der Waals surface area (Å²) in [5, 5.41) is 25.0. The van der Waals surface area contributed by atoms with Crippen molar-refractivity contribution in [3.05, 3.63) is 16.6 Å². The van der Waals surface area contributed by atoms with E-state index in [0.29, 0.717) is 25.0 Å². The smallest absolute Gasteiger partial charge is 0.332 e. The number of nitrogens with zero attached hydrogens (tertiary/aromatic N) is 1. The Morgan fingerprint density at radius 3 is 2.28 bits per heavy atom. The van der Waals surface area contributed by atoms with E-state index in [0.717, 1.165) is 19.3 Å². The minimum Gasteiger partial charge on any atom is -0.479 e. The summed E-state index contributed by atoms with van der Waals surface area (Å²) in [5.41, 5.74) is 0.300. The summed E-state index contributed by atoms with van der Waals surface area (Å²) in [6.07, 6.45) is 4.35. The van der Waals surface area contributed by atoms with Crippen LogP contribution in [-0.4, -0.2) is 32.7 Å². The van der Waals surface area contributed by atoms with Gasteiger partial charge in [-0.3, -0.25) is 4.79 Å². The number of carboxylic acids is 1. The van der Waals surface area contributed by atoms with Crippen LogP contribution in [0.4, 0.5) is 0 Å². The van der Waals surface area contributed by atoms with Crippen LogP contribution in [0.1, 0.15) is 64.1 Å². The molecule has 5 rings (SSSR count). The molecule has 6 nitrogen and oxygen atoms in total. The van der Waals surface area contributed by atoms with Crippen LogP contribution in [0, 0.1) is 16.2 Å². The summed E-state index contributed by atoms with van der Waals surface area (Å²) in [7, 11) is 0. The van der Waals surface area contributed by atoms with Crippen molar-refractivity contribution in [2.45, 2.75) is 64.0 Å². The lowest BCUT2D eigenvalue weighted by atomic mass is 9.39. The van der Waals surface area contributed by atoms with Crippen LogP contribution in [0.25, 0.3) is 0 Å². The Morgan fingerprint density at radius 2 is 1.80 bits per heavy atom. The highest BCUT2D eigenvalue weighted by molar-refractivity contribution is 7.07. The van der Waals surface area contributed by atoms with Gasteiger partial charge in [0.25, 0.3) is 0 Å².